The summed E-state index contributed by atoms with van der Waals surface area (Å²) in [4.78, 5) is 47.5. The first-order chi connectivity index (χ1) is 9.84. The van der Waals surface area contributed by atoms with Gasteiger partial charge < -0.3 is 0 Å². The molecule has 0 saturated carbocycles. The number of urea groups is 1. The Kier molecular flexibility index (Phi) is 3.53. The summed E-state index contributed by atoms with van der Waals surface area (Å²) >= 11 is 0. The van der Waals surface area contributed by atoms with Crippen molar-refractivity contribution in [3.05, 3.63) is 45.5 Å². The van der Waals surface area contributed by atoms with E-state index < -0.39 is 22.8 Å². The van der Waals surface area contributed by atoms with E-state index in [9.17, 15) is 24.5 Å². The van der Waals surface area contributed by atoms with E-state index >= 15 is 0 Å². The van der Waals surface area contributed by atoms with Crippen molar-refractivity contribution in [2.45, 2.75) is 0 Å². The molecule has 0 spiro atoms. The molecule has 0 bridgehead atoms. The number of hydrogen-bond acceptors (Lipinski definition) is 5. The summed E-state index contributed by atoms with van der Waals surface area (Å²) in [7, 11) is 2.47. The summed E-state index contributed by atoms with van der Waals surface area (Å²) < 4.78 is 0. The number of hydrogen-bond donors (Lipinski definition) is 0. The predicted octanol–water partition coefficient (Wildman–Crippen LogP) is 1.03. The summed E-state index contributed by atoms with van der Waals surface area (Å²) in [5, 5.41) is 10.9. The van der Waals surface area contributed by atoms with E-state index in [4.69, 9.17) is 0 Å². The molecule has 1 aliphatic heterocycles. The third kappa shape index (κ3) is 2.38. The van der Waals surface area contributed by atoms with Gasteiger partial charge in [-0.05, 0) is 12.1 Å². The van der Waals surface area contributed by atoms with Gasteiger partial charge >= 0.3 is 6.03 Å². The molecule has 1 fully saturated rings. The number of nitro benzene ring substituents is 1. The molecule has 0 aromatic heterocycles. The van der Waals surface area contributed by atoms with Gasteiger partial charge in [-0.2, -0.15) is 0 Å². The highest BCUT2D eigenvalue weighted by Crippen LogP contribution is 2.23. The lowest BCUT2D eigenvalue weighted by Gasteiger charge is -2.28. The minimum atomic E-state index is -0.791. The zero-order valence-corrected chi connectivity index (χ0v) is 11.3. The van der Waals surface area contributed by atoms with Crippen LogP contribution in [0, 0.1) is 10.1 Å². The fraction of sp³-hybridized carbons (Fsp3) is 0.154. The SMILES string of the molecule is CN1C(=O)C(=Cc2ccccc2[N+](=O)[O-])C(=O)N(C)C1=O. The summed E-state index contributed by atoms with van der Waals surface area (Å²) in [5.74, 6) is -1.58. The quantitative estimate of drug-likeness (QED) is 0.350. The molecule has 0 atom stereocenters. The third-order valence-corrected chi connectivity index (χ3v) is 3.08. The molecule has 8 nitrogen and oxygen atoms in total. The van der Waals surface area contributed by atoms with Crippen LogP contribution in [0.2, 0.25) is 0 Å². The van der Waals surface area contributed by atoms with Crippen molar-refractivity contribution in [2.75, 3.05) is 14.1 Å². The van der Waals surface area contributed by atoms with Gasteiger partial charge in [0.2, 0.25) is 0 Å². The van der Waals surface area contributed by atoms with Gasteiger partial charge in [0.1, 0.15) is 5.57 Å². The Morgan fingerprint density at radius 2 is 1.57 bits per heavy atom. The van der Waals surface area contributed by atoms with Crippen LogP contribution in [0.1, 0.15) is 5.56 Å². The van der Waals surface area contributed by atoms with Crippen LogP contribution in [-0.2, 0) is 9.59 Å². The van der Waals surface area contributed by atoms with Gasteiger partial charge in [-0.3, -0.25) is 29.5 Å². The van der Waals surface area contributed by atoms with Gasteiger partial charge in [-0.1, -0.05) is 12.1 Å². The van der Waals surface area contributed by atoms with E-state index in [1.807, 2.05) is 0 Å². The van der Waals surface area contributed by atoms with Crippen LogP contribution in [0.5, 0.6) is 0 Å². The molecule has 1 aliphatic rings. The fourth-order valence-corrected chi connectivity index (χ4v) is 1.91. The van der Waals surface area contributed by atoms with E-state index in [0.717, 1.165) is 15.9 Å². The van der Waals surface area contributed by atoms with Gasteiger partial charge in [0.15, 0.2) is 0 Å². The summed E-state index contributed by atoms with van der Waals surface area (Å²) in [6.07, 6.45) is 1.13. The van der Waals surface area contributed by atoms with Crippen LogP contribution < -0.4 is 0 Å². The Hall–Kier alpha value is -3.03. The third-order valence-electron chi connectivity index (χ3n) is 3.08. The summed E-state index contributed by atoms with van der Waals surface area (Å²) in [6.45, 7) is 0. The number of nitrogens with zero attached hydrogens (tertiary/aromatic N) is 3. The molecule has 8 heteroatoms. The molecule has 0 N–H and O–H groups in total. The molecule has 0 unspecified atom stereocenters. The van der Waals surface area contributed by atoms with Gasteiger partial charge in [0.05, 0.1) is 10.5 Å². The monoisotopic (exact) mass is 289 g/mol. The number of amides is 4. The lowest BCUT2D eigenvalue weighted by molar-refractivity contribution is -0.385. The summed E-state index contributed by atoms with van der Waals surface area (Å²) in [6, 6.07) is 4.97. The van der Waals surface area contributed by atoms with Crippen LogP contribution in [0.3, 0.4) is 0 Å². The number of likely N-dealkylation sites (N-methyl/N-ethyl adjacent to an activating group) is 2. The lowest BCUT2D eigenvalue weighted by Crippen LogP contribution is -2.52. The molecule has 4 amide bonds. The molecule has 108 valence electrons. The highest BCUT2D eigenvalue weighted by atomic mass is 16.6. The van der Waals surface area contributed by atoms with Gasteiger partial charge in [0.25, 0.3) is 17.5 Å². The van der Waals surface area contributed by atoms with Crippen LogP contribution in [0.25, 0.3) is 6.08 Å². The average molecular weight is 289 g/mol. The molecule has 1 heterocycles. The predicted molar refractivity (Wildman–Crippen MR) is 72.0 cm³/mol. The Morgan fingerprint density at radius 1 is 1.05 bits per heavy atom. The first kappa shape index (κ1) is 14.4. The number of barbiturate groups is 1. The Bertz CT molecular complexity index is 669. The number of carbonyl (C=O) groups excluding carboxylic acids is 3. The first-order valence-corrected chi connectivity index (χ1v) is 5.89. The molecule has 21 heavy (non-hydrogen) atoms. The second-order valence-corrected chi connectivity index (χ2v) is 4.38. The highest BCUT2D eigenvalue weighted by molar-refractivity contribution is 6.30. The van der Waals surface area contributed by atoms with Gasteiger partial charge in [-0.15, -0.1) is 0 Å². The fourth-order valence-electron chi connectivity index (χ4n) is 1.91. The Morgan fingerprint density at radius 3 is 2.10 bits per heavy atom. The number of para-hydroxylation sites is 1. The van der Waals surface area contributed by atoms with E-state index in [1.165, 1.54) is 32.3 Å². The molecule has 1 saturated heterocycles. The maximum Gasteiger partial charge on any atom is 0.333 e. The number of carbonyl (C=O) groups is 3. The Balaban J connectivity index is 2.54. The van der Waals surface area contributed by atoms with E-state index in [1.54, 1.807) is 6.07 Å². The molecule has 1 aromatic carbocycles. The van der Waals surface area contributed by atoms with Crippen LogP contribution in [0.4, 0.5) is 10.5 Å². The number of nitro groups is 1. The van der Waals surface area contributed by atoms with Crippen LogP contribution in [-0.4, -0.2) is 46.7 Å². The second-order valence-electron chi connectivity index (χ2n) is 4.38. The minimum absolute atomic E-state index is 0.121. The average Bonchev–Trinajstić information content (AvgIpc) is 2.48. The molecule has 0 aliphatic carbocycles. The highest BCUT2D eigenvalue weighted by Gasteiger charge is 2.38. The van der Waals surface area contributed by atoms with Crippen molar-refractivity contribution in [3.63, 3.8) is 0 Å². The number of imide groups is 2. The van der Waals surface area contributed by atoms with Gasteiger partial charge in [-0.25, -0.2) is 4.79 Å². The topological polar surface area (TPSA) is 101 Å². The number of benzene rings is 1. The van der Waals surface area contributed by atoms with Crippen molar-refractivity contribution in [1.29, 1.82) is 0 Å². The van der Waals surface area contributed by atoms with Crippen molar-refractivity contribution in [2.24, 2.45) is 0 Å². The lowest BCUT2D eigenvalue weighted by atomic mass is 10.1. The Labute approximate surface area is 119 Å². The van der Waals surface area contributed by atoms with Crippen LogP contribution >= 0.6 is 0 Å². The van der Waals surface area contributed by atoms with E-state index in [2.05, 4.69) is 0 Å². The minimum Gasteiger partial charge on any atom is -0.268 e. The van der Waals surface area contributed by atoms with Crippen LogP contribution in [0.15, 0.2) is 29.8 Å². The van der Waals surface area contributed by atoms with E-state index in [-0.39, 0.29) is 16.8 Å². The van der Waals surface area contributed by atoms with Crippen molar-refractivity contribution < 1.29 is 19.3 Å². The zero-order valence-electron chi connectivity index (χ0n) is 11.3. The van der Waals surface area contributed by atoms with Gasteiger partial charge in [0, 0.05) is 20.2 Å². The molecule has 0 radical (unpaired) electrons. The maximum atomic E-state index is 12.0. The maximum absolute atomic E-state index is 12.0. The largest absolute Gasteiger partial charge is 0.333 e. The zero-order chi connectivity index (χ0) is 15.7. The van der Waals surface area contributed by atoms with E-state index in [0.29, 0.717) is 0 Å². The first-order valence-electron chi connectivity index (χ1n) is 5.89. The summed E-state index contributed by atoms with van der Waals surface area (Å²) in [5.41, 5.74) is -0.406. The van der Waals surface area contributed by atoms with Crippen molar-refractivity contribution >= 4 is 29.6 Å². The number of rotatable bonds is 2. The molecular weight excluding hydrogens is 278 g/mol. The standard InChI is InChI=1S/C13H11N3O5/c1-14-11(17)9(12(18)15(2)13(14)19)7-8-5-3-4-6-10(8)16(20)21/h3-7H,1-2H3. The molecule has 1 aromatic rings. The van der Waals surface area contributed by atoms with Crippen molar-refractivity contribution in [1.82, 2.24) is 9.80 Å². The molecule has 2 rings (SSSR count). The normalized spacial score (nSPS) is 15.5. The second kappa shape index (κ2) is 5.16. The molecular formula is C13H11N3O5. The smallest absolute Gasteiger partial charge is 0.268 e. The van der Waals surface area contributed by atoms with Crippen molar-refractivity contribution in [3.8, 4) is 0 Å².